The number of rotatable bonds is 6. The van der Waals surface area contributed by atoms with Gasteiger partial charge in [0, 0.05) is 36.6 Å². The van der Waals surface area contributed by atoms with Gasteiger partial charge in [0.1, 0.15) is 5.82 Å². The first-order valence-electron chi connectivity index (χ1n) is 12.5. The molecule has 1 saturated heterocycles. The normalized spacial score (nSPS) is 14.8. The Balaban J connectivity index is 1.20. The summed E-state index contributed by atoms with van der Waals surface area (Å²) in [7, 11) is 0. The standard InChI is InChI=1S/C30H29N5O3/c31-28-27(16-24(17-32-28)22-11-9-20(19-36)10-12-22)29(37)33-26-13-14-35(18-26)30(38)34-25-8-4-7-23(15-25)21-5-2-1-3-6-21/h1-12,15-17,26,36H,13-14,18-19H2,(H2,31,32)(H,33,37)(H,34,38)/t26-/m1/s1. The van der Waals surface area contributed by atoms with Crippen LogP contribution in [0.4, 0.5) is 16.3 Å². The molecular formula is C30H29N5O3. The summed E-state index contributed by atoms with van der Waals surface area (Å²) in [5, 5.41) is 15.2. The van der Waals surface area contributed by atoms with E-state index in [1.165, 1.54) is 0 Å². The fourth-order valence-corrected chi connectivity index (χ4v) is 4.55. The van der Waals surface area contributed by atoms with Crippen molar-refractivity contribution < 1.29 is 14.7 Å². The van der Waals surface area contributed by atoms with Crippen molar-refractivity contribution >= 4 is 23.4 Å². The topological polar surface area (TPSA) is 121 Å². The van der Waals surface area contributed by atoms with E-state index in [-0.39, 0.29) is 36.0 Å². The van der Waals surface area contributed by atoms with Crippen LogP contribution in [0.2, 0.25) is 0 Å². The van der Waals surface area contributed by atoms with Crippen LogP contribution in [0.3, 0.4) is 0 Å². The van der Waals surface area contributed by atoms with Crippen molar-refractivity contribution in [3.63, 3.8) is 0 Å². The van der Waals surface area contributed by atoms with Gasteiger partial charge in [0.05, 0.1) is 12.2 Å². The summed E-state index contributed by atoms with van der Waals surface area (Å²) in [6.07, 6.45) is 2.26. The number of benzene rings is 3. The minimum Gasteiger partial charge on any atom is -0.392 e. The second kappa shape index (κ2) is 11.1. The highest BCUT2D eigenvalue weighted by Crippen LogP contribution is 2.24. The zero-order valence-electron chi connectivity index (χ0n) is 20.8. The van der Waals surface area contributed by atoms with E-state index in [0.29, 0.717) is 25.2 Å². The van der Waals surface area contributed by atoms with Gasteiger partial charge >= 0.3 is 6.03 Å². The first-order valence-corrected chi connectivity index (χ1v) is 12.5. The molecule has 192 valence electrons. The highest BCUT2D eigenvalue weighted by atomic mass is 16.3. The van der Waals surface area contributed by atoms with Crippen LogP contribution in [-0.4, -0.2) is 46.1 Å². The number of hydrogen-bond acceptors (Lipinski definition) is 5. The van der Waals surface area contributed by atoms with Gasteiger partial charge in [-0.3, -0.25) is 4.79 Å². The predicted molar refractivity (Wildman–Crippen MR) is 148 cm³/mol. The van der Waals surface area contributed by atoms with Gasteiger partial charge in [0.25, 0.3) is 5.91 Å². The summed E-state index contributed by atoms with van der Waals surface area (Å²) in [5.74, 6) is -0.184. The summed E-state index contributed by atoms with van der Waals surface area (Å²) < 4.78 is 0. The SMILES string of the molecule is Nc1ncc(-c2ccc(CO)cc2)cc1C(=O)N[C@@H]1CCN(C(=O)Nc2cccc(-c3ccccc3)c2)C1. The number of urea groups is 1. The maximum absolute atomic E-state index is 13.1. The fraction of sp³-hybridized carbons (Fsp3) is 0.167. The van der Waals surface area contributed by atoms with Gasteiger partial charge in [0.2, 0.25) is 0 Å². The number of aliphatic hydroxyl groups excluding tert-OH is 1. The van der Waals surface area contributed by atoms with Gasteiger partial charge < -0.3 is 26.4 Å². The van der Waals surface area contributed by atoms with E-state index in [1.807, 2.05) is 78.9 Å². The molecule has 0 saturated carbocycles. The maximum atomic E-state index is 13.1. The highest BCUT2D eigenvalue weighted by Gasteiger charge is 2.28. The van der Waals surface area contributed by atoms with E-state index >= 15 is 0 Å². The molecule has 0 bridgehead atoms. The zero-order chi connectivity index (χ0) is 26.5. The van der Waals surface area contributed by atoms with Crippen LogP contribution >= 0.6 is 0 Å². The van der Waals surface area contributed by atoms with Crippen LogP contribution in [0.15, 0.2) is 91.1 Å². The molecule has 1 aliphatic rings. The molecule has 2 heterocycles. The summed E-state index contributed by atoms with van der Waals surface area (Å²) in [4.78, 5) is 31.9. The van der Waals surface area contributed by atoms with Crippen molar-refractivity contribution in [1.82, 2.24) is 15.2 Å². The van der Waals surface area contributed by atoms with E-state index in [0.717, 1.165) is 27.8 Å². The number of aliphatic hydroxyl groups is 1. The van der Waals surface area contributed by atoms with Crippen LogP contribution < -0.4 is 16.4 Å². The molecule has 0 unspecified atom stereocenters. The van der Waals surface area contributed by atoms with Gasteiger partial charge in [-0.2, -0.15) is 0 Å². The molecule has 1 fully saturated rings. The largest absolute Gasteiger partial charge is 0.392 e. The molecule has 3 amide bonds. The van der Waals surface area contributed by atoms with E-state index in [2.05, 4.69) is 15.6 Å². The Morgan fingerprint density at radius 3 is 2.42 bits per heavy atom. The Bertz CT molecular complexity index is 1440. The van der Waals surface area contributed by atoms with E-state index in [4.69, 9.17) is 5.73 Å². The molecular weight excluding hydrogens is 478 g/mol. The molecule has 5 rings (SSSR count). The molecule has 38 heavy (non-hydrogen) atoms. The van der Waals surface area contributed by atoms with Crippen molar-refractivity contribution in [3.05, 3.63) is 102 Å². The molecule has 0 radical (unpaired) electrons. The van der Waals surface area contributed by atoms with Crippen LogP contribution in [0.5, 0.6) is 0 Å². The third-order valence-corrected chi connectivity index (χ3v) is 6.66. The number of likely N-dealkylation sites (tertiary alicyclic amines) is 1. The monoisotopic (exact) mass is 507 g/mol. The number of pyridine rings is 1. The second-order valence-electron chi connectivity index (χ2n) is 9.29. The van der Waals surface area contributed by atoms with Crippen molar-refractivity contribution in [2.75, 3.05) is 24.1 Å². The van der Waals surface area contributed by atoms with Crippen LogP contribution in [0.1, 0.15) is 22.3 Å². The van der Waals surface area contributed by atoms with Crippen molar-refractivity contribution in [2.24, 2.45) is 0 Å². The quantitative estimate of drug-likeness (QED) is 0.306. The van der Waals surface area contributed by atoms with E-state index < -0.39 is 0 Å². The van der Waals surface area contributed by atoms with Crippen molar-refractivity contribution in [3.8, 4) is 22.3 Å². The molecule has 0 aliphatic carbocycles. The summed E-state index contributed by atoms with van der Waals surface area (Å²) in [5.41, 5.74) is 11.5. The minimum absolute atomic E-state index is 0.0373. The average molecular weight is 508 g/mol. The number of anilines is 2. The average Bonchev–Trinajstić information content (AvgIpc) is 3.42. The summed E-state index contributed by atoms with van der Waals surface area (Å²) >= 11 is 0. The van der Waals surface area contributed by atoms with Gasteiger partial charge in [-0.05, 0) is 46.9 Å². The molecule has 3 aromatic carbocycles. The predicted octanol–water partition coefficient (Wildman–Crippen LogP) is 4.53. The Hall–Kier alpha value is -4.69. The Morgan fingerprint density at radius 1 is 0.921 bits per heavy atom. The lowest BCUT2D eigenvalue weighted by Crippen LogP contribution is -2.40. The third-order valence-electron chi connectivity index (χ3n) is 6.66. The third kappa shape index (κ3) is 5.66. The molecule has 1 aromatic heterocycles. The Morgan fingerprint density at radius 2 is 1.66 bits per heavy atom. The highest BCUT2D eigenvalue weighted by molar-refractivity contribution is 5.99. The molecule has 5 N–H and O–H groups in total. The second-order valence-corrected chi connectivity index (χ2v) is 9.29. The lowest BCUT2D eigenvalue weighted by Gasteiger charge is -2.18. The van der Waals surface area contributed by atoms with Gasteiger partial charge in [-0.25, -0.2) is 9.78 Å². The number of carbonyl (C=O) groups excluding carboxylic acids is 2. The number of nitrogens with two attached hydrogens (primary N) is 1. The van der Waals surface area contributed by atoms with Gasteiger partial charge in [0.15, 0.2) is 0 Å². The maximum Gasteiger partial charge on any atom is 0.321 e. The number of aromatic nitrogens is 1. The number of nitrogens with zero attached hydrogens (tertiary/aromatic N) is 2. The first-order chi connectivity index (χ1) is 18.5. The van der Waals surface area contributed by atoms with Crippen molar-refractivity contribution in [2.45, 2.75) is 19.1 Å². The van der Waals surface area contributed by atoms with Crippen molar-refractivity contribution in [1.29, 1.82) is 0 Å². The Kier molecular flexibility index (Phi) is 7.33. The number of nitrogens with one attached hydrogen (secondary N) is 2. The molecule has 1 atom stereocenters. The van der Waals surface area contributed by atoms with Gasteiger partial charge in [-0.1, -0.05) is 66.7 Å². The zero-order valence-corrected chi connectivity index (χ0v) is 20.8. The van der Waals surface area contributed by atoms with E-state index in [9.17, 15) is 14.7 Å². The molecule has 8 nitrogen and oxygen atoms in total. The summed E-state index contributed by atoms with van der Waals surface area (Å²) in [6.45, 7) is 0.885. The van der Waals surface area contributed by atoms with Crippen LogP contribution in [-0.2, 0) is 6.61 Å². The lowest BCUT2D eigenvalue weighted by molar-refractivity contribution is 0.0938. The first kappa shape index (κ1) is 25.0. The minimum atomic E-state index is -0.327. The van der Waals surface area contributed by atoms with E-state index in [1.54, 1.807) is 17.2 Å². The molecule has 0 spiro atoms. The van der Waals surface area contributed by atoms with Crippen LogP contribution in [0.25, 0.3) is 22.3 Å². The lowest BCUT2D eigenvalue weighted by atomic mass is 10.0. The molecule has 1 aliphatic heterocycles. The summed E-state index contributed by atoms with van der Waals surface area (Å²) in [6, 6.07) is 26.4. The Labute approximate surface area is 221 Å². The number of nitrogen functional groups attached to an aromatic ring is 1. The molecule has 4 aromatic rings. The van der Waals surface area contributed by atoms with Crippen LogP contribution in [0, 0.1) is 0 Å². The molecule has 8 heteroatoms. The van der Waals surface area contributed by atoms with Gasteiger partial charge in [-0.15, -0.1) is 0 Å². The number of carbonyl (C=O) groups is 2. The number of hydrogen-bond donors (Lipinski definition) is 4. The smallest absolute Gasteiger partial charge is 0.321 e. The number of amides is 3. The fourth-order valence-electron chi connectivity index (χ4n) is 4.55.